The van der Waals surface area contributed by atoms with Crippen LogP contribution in [0.5, 0.6) is 0 Å². The molecule has 1 atom stereocenters. The molecule has 0 N–H and O–H groups in total. The Hall–Kier alpha value is -2.04. The summed E-state index contributed by atoms with van der Waals surface area (Å²) < 4.78 is 5.53. The third-order valence-electron chi connectivity index (χ3n) is 4.28. The van der Waals surface area contributed by atoms with E-state index in [0.717, 1.165) is 11.1 Å². The molecule has 24 heavy (non-hydrogen) atoms. The Labute approximate surface area is 144 Å². The summed E-state index contributed by atoms with van der Waals surface area (Å²) in [6, 6.07) is 7.50. The number of hydrogen-bond donors (Lipinski definition) is 0. The third kappa shape index (κ3) is 4.08. The van der Waals surface area contributed by atoms with Crippen LogP contribution in [0.3, 0.4) is 0 Å². The molecule has 5 heteroatoms. The lowest BCUT2D eigenvalue weighted by atomic mass is 9.93. The summed E-state index contributed by atoms with van der Waals surface area (Å²) >= 11 is 0. The highest BCUT2D eigenvalue weighted by Crippen LogP contribution is 2.26. The largest absolute Gasteiger partial charge is 0.444 e. The highest BCUT2D eigenvalue weighted by atomic mass is 16.6. The van der Waals surface area contributed by atoms with E-state index in [1.807, 2.05) is 58.9 Å². The molecule has 2 rings (SSSR count). The molecule has 1 aromatic rings. The van der Waals surface area contributed by atoms with Crippen LogP contribution in [0, 0.1) is 0 Å². The molecule has 0 saturated carbocycles. The van der Waals surface area contributed by atoms with E-state index in [9.17, 15) is 9.59 Å². The highest BCUT2D eigenvalue weighted by Gasteiger charge is 2.38. The smallest absolute Gasteiger partial charge is 0.411 e. The van der Waals surface area contributed by atoms with Gasteiger partial charge in [0.25, 0.3) is 0 Å². The number of carbonyl (C=O) groups excluding carboxylic acids is 2. The first kappa shape index (κ1) is 18.3. The molecule has 0 aliphatic carbocycles. The molecule has 1 aromatic carbocycles. The van der Waals surface area contributed by atoms with Crippen molar-refractivity contribution in [1.29, 1.82) is 0 Å². The summed E-state index contributed by atoms with van der Waals surface area (Å²) in [6.07, 6.45) is 0.0817. The minimum Gasteiger partial charge on any atom is -0.444 e. The Balaban J connectivity index is 2.33. The van der Waals surface area contributed by atoms with Gasteiger partial charge in [0.15, 0.2) is 0 Å². The monoisotopic (exact) mass is 332 g/mol. The van der Waals surface area contributed by atoms with Crippen molar-refractivity contribution < 1.29 is 14.3 Å². The molecule has 1 aliphatic rings. The Bertz CT molecular complexity index is 619. The fourth-order valence-corrected chi connectivity index (χ4v) is 2.75. The zero-order valence-corrected chi connectivity index (χ0v) is 15.5. The summed E-state index contributed by atoms with van der Waals surface area (Å²) in [6.45, 7) is 9.83. The minimum atomic E-state index is -0.592. The number of ether oxygens (including phenoxy) is 1. The number of nitrogens with zero attached hydrogens (tertiary/aromatic N) is 2. The molecule has 1 aliphatic heterocycles. The fourth-order valence-electron chi connectivity index (χ4n) is 2.75. The van der Waals surface area contributed by atoms with Crippen molar-refractivity contribution in [2.24, 2.45) is 0 Å². The summed E-state index contributed by atoms with van der Waals surface area (Å²) in [5.74, 6) is -0.0506. The zero-order chi connectivity index (χ0) is 18.1. The number of carbonyl (C=O) groups is 2. The molecule has 0 saturated heterocycles. The van der Waals surface area contributed by atoms with E-state index in [4.69, 9.17) is 4.74 Å². The van der Waals surface area contributed by atoms with Crippen molar-refractivity contribution in [2.45, 2.75) is 65.3 Å². The number of benzene rings is 1. The van der Waals surface area contributed by atoms with Gasteiger partial charge in [0.2, 0.25) is 5.91 Å². The second kappa shape index (κ2) is 6.83. The molecule has 0 unspecified atom stereocenters. The highest BCUT2D eigenvalue weighted by molar-refractivity contribution is 5.86. The van der Waals surface area contributed by atoms with Gasteiger partial charge < -0.3 is 9.64 Å². The van der Waals surface area contributed by atoms with Gasteiger partial charge in [-0.3, -0.25) is 9.69 Å². The van der Waals surface area contributed by atoms with Crippen LogP contribution in [0.1, 0.15) is 45.7 Å². The van der Waals surface area contributed by atoms with Crippen molar-refractivity contribution >= 4 is 12.0 Å². The molecule has 0 bridgehead atoms. The van der Waals surface area contributed by atoms with Crippen LogP contribution in [0.2, 0.25) is 0 Å². The predicted octanol–water partition coefficient (Wildman–Crippen LogP) is 3.22. The average molecular weight is 332 g/mol. The molecule has 2 amide bonds. The molecule has 0 radical (unpaired) electrons. The van der Waals surface area contributed by atoms with Crippen molar-refractivity contribution in [1.82, 2.24) is 9.80 Å². The molecule has 1 heterocycles. The molecule has 132 valence electrons. The average Bonchev–Trinajstić information content (AvgIpc) is 2.50. The van der Waals surface area contributed by atoms with Crippen molar-refractivity contribution in [2.75, 3.05) is 7.05 Å². The Kier molecular flexibility index (Phi) is 5.21. The van der Waals surface area contributed by atoms with Crippen LogP contribution in [0.25, 0.3) is 0 Å². The van der Waals surface area contributed by atoms with Gasteiger partial charge in [0.1, 0.15) is 11.6 Å². The lowest BCUT2D eigenvalue weighted by Crippen LogP contribution is -2.54. The number of hydrogen-bond acceptors (Lipinski definition) is 3. The van der Waals surface area contributed by atoms with E-state index >= 15 is 0 Å². The van der Waals surface area contributed by atoms with Gasteiger partial charge >= 0.3 is 6.09 Å². The van der Waals surface area contributed by atoms with E-state index < -0.39 is 17.7 Å². The van der Waals surface area contributed by atoms with E-state index in [2.05, 4.69) is 0 Å². The topological polar surface area (TPSA) is 49.9 Å². The number of amides is 2. The molecule has 5 nitrogen and oxygen atoms in total. The van der Waals surface area contributed by atoms with Crippen LogP contribution < -0.4 is 0 Å². The Morgan fingerprint density at radius 1 is 1.21 bits per heavy atom. The second-order valence-corrected chi connectivity index (χ2v) is 7.64. The molecule has 0 fully saturated rings. The standard InChI is InChI=1S/C19H28N2O3/c1-13(2)20(6)17(22)16-11-14-9-7-8-10-15(14)12-21(16)18(23)24-19(3,4)5/h7-10,13,16H,11-12H2,1-6H3/t16-/m0/s1. The zero-order valence-electron chi connectivity index (χ0n) is 15.5. The Morgan fingerprint density at radius 2 is 1.79 bits per heavy atom. The first-order valence-electron chi connectivity index (χ1n) is 8.43. The van der Waals surface area contributed by atoms with Gasteiger partial charge in [-0.05, 0) is 45.7 Å². The van der Waals surface area contributed by atoms with Crippen LogP contribution in [0.4, 0.5) is 4.79 Å². The summed E-state index contributed by atoms with van der Waals surface area (Å²) in [7, 11) is 1.78. The van der Waals surface area contributed by atoms with Crippen molar-refractivity contribution in [3.8, 4) is 0 Å². The van der Waals surface area contributed by atoms with Gasteiger partial charge in [0, 0.05) is 19.5 Å². The minimum absolute atomic E-state index is 0.0506. The van der Waals surface area contributed by atoms with Crippen LogP contribution >= 0.6 is 0 Å². The van der Waals surface area contributed by atoms with Gasteiger partial charge in [-0.25, -0.2) is 4.79 Å². The fraction of sp³-hybridized carbons (Fsp3) is 0.579. The van der Waals surface area contributed by atoms with Gasteiger partial charge in [-0.15, -0.1) is 0 Å². The van der Waals surface area contributed by atoms with Gasteiger partial charge in [-0.2, -0.15) is 0 Å². The maximum absolute atomic E-state index is 12.9. The van der Waals surface area contributed by atoms with Crippen LogP contribution in [0.15, 0.2) is 24.3 Å². The number of rotatable bonds is 2. The van der Waals surface area contributed by atoms with Crippen LogP contribution in [-0.4, -0.2) is 46.5 Å². The van der Waals surface area contributed by atoms with Crippen LogP contribution in [-0.2, 0) is 22.5 Å². The lowest BCUT2D eigenvalue weighted by molar-refractivity contribution is -0.137. The first-order chi connectivity index (χ1) is 11.1. The SMILES string of the molecule is CC(C)N(C)C(=O)[C@@H]1Cc2ccccc2CN1C(=O)OC(C)(C)C. The van der Waals surface area contributed by atoms with Crippen molar-refractivity contribution in [3.63, 3.8) is 0 Å². The molecule has 0 spiro atoms. The predicted molar refractivity (Wildman–Crippen MR) is 93.6 cm³/mol. The molecular weight excluding hydrogens is 304 g/mol. The summed E-state index contributed by atoms with van der Waals surface area (Å²) in [4.78, 5) is 28.8. The number of likely N-dealkylation sites (N-methyl/N-ethyl adjacent to an activating group) is 1. The maximum atomic E-state index is 12.9. The van der Waals surface area contributed by atoms with E-state index in [1.54, 1.807) is 16.8 Å². The van der Waals surface area contributed by atoms with Crippen molar-refractivity contribution in [3.05, 3.63) is 35.4 Å². The summed E-state index contributed by atoms with van der Waals surface area (Å²) in [5.41, 5.74) is 1.60. The lowest BCUT2D eigenvalue weighted by Gasteiger charge is -2.39. The third-order valence-corrected chi connectivity index (χ3v) is 4.28. The first-order valence-corrected chi connectivity index (χ1v) is 8.43. The molecular formula is C19H28N2O3. The molecule has 0 aromatic heterocycles. The van der Waals surface area contributed by atoms with E-state index in [-0.39, 0.29) is 11.9 Å². The van der Waals surface area contributed by atoms with Gasteiger partial charge in [-0.1, -0.05) is 24.3 Å². The quantitative estimate of drug-likeness (QED) is 0.835. The maximum Gasteiger partial charge on any atom is 0.411 e. The second-order valence-electron chi connectivity index (χ2n) is 7.64. The normalized spacial score (nSPS) is 17.5. The van der Waals surface area contributed by atoms with E-state index in [1.165, 1.54) is 0 Å². The van der Waals surface area contributed by atoms with E-state index in [0.29, 0.717) is 13.0 Å². The number of fused-ring (bicyclic) bond motifs is 1. The van der Waals surface area contributed by atoms with Gasteiger partial charge in [0.05, 0.1) is 6.54 Å². The summed E-state index contributed by atoms with van der Waals surface area (Å²) in [5, 5.41) is 0. The Morgan fingerprint density at radius 3 is 2.33 bits per heavy atom.